The van der Waals surface area contributed by atoms with Crippen LogP contribution in [0.2, 0.25) is 0 Å². The van der Waals surface area contributed by atoms with Gasteiger partial charge in [0.1, 0.15) is 55.4 Å². The fourth-order valence-electron chi connectivity index (χ4n) is 4.25. The van der Waals surface area contributed by atoms with Crippen molar-refractivity contribution in [3.8, 4) is 17.2 Å². The molecule has 0 radical (unpaired) electrons. The van der Waals surface area contributed by atoms with E-state index in [4.69, 9.17) is 28.4 Å². The lowest BCUT2D eigenvalue weighted by Gasteiger charge is -2.32. The minimum atomic E-state index is -0.395. The summed E-state index contributed by atoms with van der Waals surface area (Å²) in [6.45, 7) is 6.40. The zero-order valence-corrected chi connectivity index (χ0v) is 22.3. The van der Waals surface area contributed by atoms with Crippen LogP contribution >= 0.6 is 22.6 Å². The molecule has 3 aliphatic heterocycles. The van der Waals surface area contributed by atoms with Gasteiger partial charge in [-0.05, 0) is 82.6 Å². The van der Waals surface area contributed by atoms with Crippen molar-refractivity contribution >= 4 is 22.6 Å². The first kappa shape index (κ1) is 24.0. The lowest BCUT2D eigenvalue weighted by atomic mass is 9.71. The molecule has 0 aliphatic carbocycles. The highest BCUT2D eigenvalue weighted by Gasteiger charge is 2.33. The Labute approximate surface area is 224 Å². The normalized spacial score (nSPS) is 23.4. The minimum Gasteiger partial charge on any atom is -0.491 e. The van der Waals surface area contributed by atoms with Gasteiger partial charge >= 0.3 is 0 Å². The molecule has 3 unspecified atom stereocenters. The summed E-state index contributed by atoms with van der Waals surface area (Å²) in [5, 5.41) is 0. The molecule has 3 aromatic carbocycles. The molecule has 0 bridgehead atoms. The Morgan fingerprint density at radius 3 is 1.50 bits per heavy atom. The van der Waals surface area contributed by atoms with E-state index in [9.17, 15) is 0 Å². The SMILES string of the molecule is CC(c1ccc(OCC2CO2)cc1)(c1ccc(OCC2CO2)cc1)c1ccc(OCC2CO2)c(I)c1. The minimum absolute atomic E-state index is 0.227. The van der Waals surface area contributed by atoms with E-state index in [1.165, 1.54) is 16.7 Å². The third-order valence-electron chi connectivity index (χ3n) is 6.88. The maximum atomic E-state index is 5.99. The number of ether oxygens (including phenoxy) is 6. The predicted molar refractivity (Wildman–Crippen MR) is 143 cm³/mol. The van der Waals surface area contributed by atoms with E-state index in [0.717, 1.165) is 40.6 Å². The Kier molecular flexibility index (Phi) is 6.81. The van der Waals surface area contributed by atoms with Crippen molar-refractivity contribution in [2.75, 3.05) is 39.6 Å². The highest BCUT2D eigenvalue weighted by atomic mass is 127. The molecule has 0 aromatic heterocycles. The summed E-state index contributed by atoms with van der Waals surface area (Å²) in [6, 6.07) is 23.2. The van der Waals surface area contributed by atoms with Crippen LogP contribution in [0.1, 0.15) is 23.6 Å². The first-order chi connectivity index (χ1) is 17.6. The van der Waals surface area contributed by atoms with E-state index < -0.39 is 5.41 Å². The van der Waals surface area contributed by atoms with Crippen LogP contribution in [0.15, 0.2) is 66.7 Å². The third-order valence-corrected chi connectivity index (χ3v) is 7.72. The Bertz CT molecular complexity index is 1120. The molecule has 6 rings (SSSR count). The monoisotopic (exact) mass is 600 g/mol. The van der Waals surface area contributed by atoms with Gasteiger partial charge in [-0.1, -0.05) is 30.3 Å². The largest absolute Gasteiger partial charge is 0.491 e. The van der Waals surface area contributed by atoms with Crippen molar-refractivity contribution in [2.24, 2.45) is 0 Å². The van der Waals surface area contributed by atoms with Gasteiger partial charge in [0.15, 0.2) is 0 Å². The lowest BCUT2D eigenvalue weighted by Crippen LogP contribution is -2.25. The maximum absolute atomic E-state index is 5.99. The molecule has 0 saturated carbocycles. The van der Waals surface area contributed by atoms with Crippen molar-refractivity contribution in [1.29, 1.82) is 0 Å². The summed E-state index contributed by atoms with van der Waals surface area (Å²) < 4.78 is 34.6. The summed E-state index contributed by atoms with van der Waals surface area (Å²) >= 11 is 2.36. The van der Waals surface area contributed by atoms with Crippen molar-refractivity contribution in [2.45, 2.75) is 30.7 Å². The highest BCUT2D eigenvalue weighted by Crippen LogP contribution is 2.41. The summed E-state index contributed by atoms with van der Waals surface area (Å²) in [6.07, 6.45) is 0.693. The Morgan fingerprint density at radius 1 is 0.667 bits per heavy atom. The van der Waals surface area contributed by atoms with E-state index in [-0.39, 0.29) is 18.3 Å². The fraction of sp³-hybridized carbons (Fsp3) is 0.379. The summed E-state index contributed by atoms with van der Waals surface area (Å²) in [7, 11) is 0. The van der Waals surface area contributed by atoms with Crippen LogP contribution in [-0.4, -0.2) is 58.0 Å². The van der Waals surface area contributed by atoms with E-state index in [1.54, 1.807) is 0 Å². The molecular formula is C29H29IO6. The highest BCUT2D eigenvalue weighted by molar-refractivity contribution is 14.1. The van der Waals surface area contributed by atoms with Crippen LogP contribution in [-0.2, 0) is 19.6 Å². The number of hydrogen-bond acceptors (Lipinski definition) is 6. The van der Waals surface area contributed by atoms with Gasteiger partial charge < -0.3 is 28.4 Å². The van der Waals surface area contributed by atoms with Gasteiger partial charge in [0.25, 0.3) is 0 Å². The van der Waals surface area contributed by atoms with Gasteiger partial charge in [-0.25, -0.2) is 0 Å². The molecule has 6 nitrogen and oxygen atoms in total. The van der Waals surface area contributed by atoms with Crippen LogP contribution in [0, 0.1) is 3.57 Å². The zero-order valence-electron chi connectivity index (χ0n) is 20.2. The van der Waals surface area contributed by atoms with Crippen LogP contribution < -0.4 is 14.2 Å². The summed E-state index contributed by atoms with van der Waals surface area (Å²) in [5.74, 6) is 2.58. The fourth-order valence-corrected chi connectivity index (χ4v) is 4.92. The van der Waals surface area contributed by atoms with Crippen molar-refractivity contribution < 1.29 is 28.4 Å². The first-order valence-electron chi connectivity index (χ1n) is 12.3. The summed E-state index contributed by atoms with van der Waals surface area (Å²) in [5.41, 5.74) is 3.14. The molecule has 3 saturated heterocycles. The second kappa shape index (κ2) is 10.2. The van der Waals surface area contributed by atoms with Gasteiger partial charge in [0, 0.05) is 5.41 Å². The van der Waals surface area contributed by atoms with E-state index >= 15 is 0 Å². The number of epoxide rings is 3. The molecule has 0 N–H and O–H groups in total. The molecule has 36 heavy (non-hydrogen) atoms. The number of halogens is 1. The Morgan fingerprint density at radius 2 is 1.08 bits per heavy atom. The topological polar surface area (TPSA) is 65.3 Å². The average molecular weight is 600 g/mol. The molecule has 7 heteroatoms. The van der Waals surface area contributed by atoms with Crippen molar-refractivity contribution in [3.63, 3.8) is 0 Å². The van der Waals surface area contributed by atoms with Gasteiger partial charge in [0.2, 0.25) is 0 Å². The number of rotatable bonds is 12. The average Bonchev–Trinajstić information content (AvgIpc) is 3.76. The van der Waals surface area contributed by atoms with Gasteiger partial charge in [-0.2, -0.15) is 0 Å². The van der Waals surface area contributed by atoms with Gasteiger partial charge in [0.05, 0.1) is 23.4 Å². The molecule has 3 heterocycles. The Hall–Kier alpha value is -2.33. The van der Waals surface area contributed by atoms with E-state index in [1.807, 2.05) is 24.3 Å². The molecule has 3 atom stereocenters. The predicted octanol–water partition coefficient (Wildman–Crippen LogP) is 4.98. The second-order valence-corrected chi connectivity index (χ2v) is 10.8. The molecule has 188 valence electrons. The molecular weight excluding hydrogens is 571 g/mol. The maximum Gasteiger partial charge on any atom is 0.132 e. The van der Waals surface area contributed by atoms with E-state index in [0.29, 0.717) is 19.8 Å². The number of hydrogen-bond donors (Lipinski definition) is 0. The standard InChI is InChI=1S/C29H29IO6/c1-29(19-2-7-22(8-3-19)31-13-24-15-33-24,20-4-9-23(10-5-20)32-14-25-16-34-25)21-6-11-28(27(30)12-21)36-18-26-17-35-26/h2-12,24-26H,13-18H2,1H3. The molecule has 3 fully saturated rings. The third kappa shape index (κ3) is 5.64. The smallest absolute Gasteiger partial charge is 0.132 e. The van der Waals surface area contributed by atoms with Crippen molar-refractivity contribution in [1.82, 2.24) is 0 Å². The molecule has 0 amide bonds. The van der Waals surface area contributed by atoms with Gasteiger partial charge in [-0.3, -0.25) is 0 Å². The zero-order chi connectivity index (χ0) is 24.5. The molecule has 3 aliphatic rings. The first-order valence-corrected chi connectivity index (χ1v) is 13.4. The summed E-state index contributed by atoms with van der Waals surface area (Å²) in [4.78, 5) is 0. The number of benzene rings is 3. The van der Waals surface area contributed by atoms with Crippen LogP contribution in [0.4, 0.5) is 0 Å². The molecule has 0 spiro atoms. The van der Waals surface area contributed by atoms with Gasteiger partial charge in [-0.15, -0.1) is 0 Å². The second-order valence-electron chi connectivity index (χ2n) is 9.62. The Balaban J connectivity index is 1.29. The lowest BCUT2D eigenvalue weighted by molar-refractivity contribution is 0.261. The van der Waals surface area contributed by atoms with Crippen LogP contribution in [0.5, 0.6) is 17.2 Å². The van der Waals surface area contributed by atoms with Crippen molar-refractivity contribution in [3.05, 3.63) is 87.0 Å². The van der Waals surface area contributed by atoms with Crippen LogP contribution in [0.25, 0.3) is 0 Å². The molecule has 3 aromatic rings. The quantitative estimate of drug-likeness (QED) is 0.166. The van der Waals surface area contributed by atoms with E-state index in [2.05, 4.69) is 72.0 Å². The van der Waals surface area contributed by atoms with Crippen LogP contribution in [0.3, 0.4) is 0 Å².